The Morgan fingerprint density at radius 3 is 1.90 bits per heavy atom. The Kier molecular flexibility index (Phi) is 5.42. The molecule has 4 unspecified atom stereocenters. The SMILES string of the molecule is c1ccc(-c2nc(-n3c4ccccc4c4c(-c5ccc6c(c5)C5(c7ccccc7-6)C6CC7CC8CC5C786)cccc43)nc3c4ccccc4c4ccccc4c23)cc1. The summed E-state index contributed by atoms with van der Waals surface area (Å²) >= 11 is 0. The Morgan fingerprint density at radius 1 is 0.448 bits per heavy atom. The van der Waals surface area contributed by atoms with Crippen LogP contribution in [0.4, 0.5) is 0 Å². The predicted octanol–water partition coefficient (Wildman–Crippen LogP) is 13.3. The van der Waals surface area contributed by atoms with Crippen molar-refractivity contribution in [3.8, 4) is 39.5 Å². The Balaban J connectivity index is 0.996. The maximum atomic E-state index is 5.60. The predicted molar refractivity (Wildman–Crippen MR) is 236 cm³/mol. The molecule has 0 amide bonds. The third-order valence-corrected chi connectivity index (χ3v) is 16.3. The van der Waals surface area contributed by atoms with Gasteiger partial charge in [0, 0.05) is 32.5 Å². The summed E-state index contributed by atoms with van der Waals surface area (Å²) in [6.07, 6.45) is 4.32. The fraction of sp³-hybridized carbons (Fsp3) is 0.164. The summed E-state index contributed by atoms with van der Waals surface area (Å²) in [4.78, 5) is 11.2. The van der Waals surface area contributed by atoms with Gasteiger partial charge in [0.1, 0.15) is 0 Å². The lowest BCUT2D eigenvalue weighted by Crippen LogP contribution is -2.88. The summed E-state index contributed by atoms with van der Waals surface area (Å²) in [6, 6.07) is 60.8. The van der Waals surface area contributed by atoms with Crippen molar-refractivity contribution >= 4 is 54.3 Å². The van der Waals surface area contributed by atoms with Crippen LogP contribution in [0.1, 0.15) is 30.4 Å². The normalized spacial score (nSPS) is 25.5. The number of aromatic nitrogens is 3. The second kappa shape index (κ2) is 10.3. The Hall–Kier alpha value is -6.58. The van der Waals surface area contributed by atoms with Crippen LogP contribution in [-0.4, -0.2) is 14.5 Å². The standard InChI is InChI=1S/C55H37N3/c1-2-13-31(14-3-1)51-50-40-18-6-4-15-36(40)37-16-5-7-19-41(37)52(50)57-53(56-51)58-45-23-11-9-20-42(45)49-35(21-12-24-46(49)58)32-25-26-39-38-17-8-10-22-43(38)55(44(39)27-32)47-29-33-28-34-30-48(55)54(33,34)47/h1-27,33-34,47-48H,28-30H2. The number of para-hydroxylation sites is 1. The van der Waals surface area contributed by atoms with Gasteiger partial charge in [0.25, 0.3) is 0 Å². The Bertz CT molecular complexity index is 3460. The molecule has 0 aliphatic heterocycles. The second-order valence-corrected chi connectivity index (χ2v) is 18.0. The van der Waals surface area contributed by atoms with E-state index in [2.05, 4.69) is 168 Å². The van der Waals surface area contributed by atoms with Gasteiger partial charge in [0.15, 0.2) is 0 Å². The molecule has 10 aromatic rings. The molecule has 4 saturated carbocycles. The molecule has 3 nitrogen and oxygen atoms in total. The van der Waals surface area contributed by atoms with Crippen molar-refractivity contribution in [2.24, 2.45) is 29.1 Å². The third kappa shape index (κ3) is 3.26. The van der Waals surface area contributed by atoms with Crippen molar-refractivity contribution < 1.29 is 0 Å². The molecular formula is C55H37N3. The number of hydrogen-bond acceptors (Lipinski definition) is 2. The van der Waals surface area contributed by atoms with Crippen molar-refractivity contribution in [2.45, 2.75) is 24.7 Å². The molecule has 5 aliphatic rings. The third-order valence-electron chi connectivity index (χ3n) is 16.3. The van der Waals surface area contributed by atoms with Gasteiger partial charge in [-0.05, 0) is 116 Å². The van der Waals surface area contributed by atoms with Gasteiger partial charge < -0.3 is 0 Å². The molecule has 0 bridgehead atoms. The van der Waals surface area contributed by atoms with E-state index in [4.69, 9.17) is 9.97 Å². The van der Waals surface area contributed by atoms with Crippen molar-refractivity contribution in [3.63, 3.8) is 0 Å². The number of benzene rings is 8. The van der Waals surface area contributed by atoms with Crippen LogP contribution in [-0.2, 0) is 5.41 Å². The molecular weight excluding hydrogens is 703 g/mol. The van der Waals surface area contributed by atoms with Gasteiger partial charge >= 0.3 is 0 Å². The van der Waals surface area contributed by atoms with Crippen LogP contribution in [0.25, 0.3) is 93.7 Å². The molecule has 8 aromatic carbocycles. The van der Waals surface area contributed by atoms with Crippen LogP contribution >= 0.6 is 0 Å². The molecule has 2 aromatic heterocycles. The highest BCUT2D eigenvalue weighted by Gasteiger charge is 2.90. The van der Waals surface area contributed by atoms with E-state index in [-0.39, 0.29) is 5.41 Å². The van der Waals surface area contributed by atoms with Gasteiger partial charge in [-0.1, -0.05) is 146 Å². The molecule has 5 aliphatic carbocycles. The molecule has 0 radical (unpaired) electrons. The molecule has 0 N–H and O–H groups in total. The zero-order valence-electron chi connectivity index (χ0n) is 31.9. The van der Waals surface area contributed by atoms with Gasteiger partial charge in [0.2, 0.25) is 5.95 Å². The maximum absolute atomic E-state index is 5.60. The highest BCUT2D eigenvalue weighted by molar-refractivity contribution is 6.27. The first-order valence-corrected chi connectivity index (χ1v) is 21.2. The van der Waals surface area contributed by atoms with Crippen LogP contribution in [0.5, 0.6) is 0 Å². The van der Waals surface area contributed by atoms with Gasteiger partial charge in [0.05, 0.1) is 22.2 Å². The number of rotatable bonds is 3. The minimum atomic E-state index is 0.178. The van der Waals surface area contributed by atoms with Crippen LogP contribution in [0.2, 0.25) is 0 Å². The molecule has 0 saturated heterocycles. The number of nitrogens with zero attached hydrogens (tertiary/aromatic N) is 3. The Morgan fingerprint density at radius 2 is 1.09 bits per heavy atom. The first kappa shape index (κ1) is 30.5. The summed E-state index contributed by atoms with van der Waals surface area (Å²) in [5, 5.41) is 8.31. The minimum absolute atomic E-state index is 0.178. The summed E-state index contributed by atoms with van der Waals surface area (Å²) in [5.74, 6) is 4.27. The fourth-order valence-corrected chi connectivity index (χ4v) is 14.3. The van der Waals surface area contributed by atoms with Crippen LogP contribution in [0.3, 0.4) is 0 Å². The average Bonchev–Trinajstić information content (AvgIpc) is 3.76. The molecule has 3 heteroatoms. The maximum Gasteiger partial charge on any atom is 0.235 e. The van der Waals surface area contributed by atoms with E-state index in [9.17, 15) is 0 Å². The molecule has 15 rings (SSSR count). The van der Waals surface area contributed by atoms with Gasteiger partial charge in [-0.2, -0.15) is 0 Å². The lowest BCUT2D eigenvalue weighted by atomic mass is 9.11. The van der Waals surface area contributed by atoms with Gasteiger partial charge in [-0.25, -0.2) is 9.97 Å². The van der Waals surface area contributed by atoms with E-state index in [0.717, 1.165) is 62.3 Å². The molecule has 2 spiro atoms. The van der Waals surface area contributed by atoms with E-state index < -0.39 is 0 Å². The summed E-state index contributed by atoms with van der Waals surface area (Å²) < 4.78 is 2.32. The van der Waals surface area contributed by atoms with Crippen molar-refractivity contribution in [1.29, 1.82) is 0 Å². The quantitative estimate of drug-likeness (QED) is 0.169. The fourth-order valence-electron chi connectivity index (χ4n) is 14.3. The van der Waals surface area contributed by atoms with Crippen molar-refractivity contribution in [3.05, 3.63) is 175 Å². The zero-order valence-corrected chi connectivity index (χ0v) is 31.9. The molecule has 4 atom stereocenters. The highest BCUT2D eigenvalue weighted by Crippen LogP contribution is 2.94. The molecule has 58 heavy (non-hydrogen) atoms. The smallest absolute Gasteiger partial charge is 0.235 e. The number of fused-ring (bicyclic) bond motifs is 16. The average molecular weight is 740 g/mol. The monoisotopic (exact) mass is 739 g/mol. The second-order valence-electron chi connectivity index (χ2n) is 18.0. The molecule has 2 heterocycles. The molecule has 272 valence electrons. The van der Waals surface area contributed by atoms with E-state index >= 15 is 0 Å². The first-order chi connectivity index (χ1) is 28.8. The van der Waals surface area contributed by atoms with E-state index in [0.29, 0.717) is 11.4 Å². The lowest BCUT2D eigenvalue weighted by Gasteiger charge is -2.92. The van der Waals surface area contributed by atoms with Gasteiger partial charge in [-0.3, -0.25) is 4.57 Å². The van der Waals surface area contributed by atoms with Crippen LogP contribution in [0.15, 0.2) is 164 Å². The summed E-state index contributed by atoms with van der Waals surface area (Å²) in [6.45, 7) is 0. The zero-order chi connectivity index (χ0) is 37.5. The number of hydrogen-bond donors (Lipinski definition) is 0. The first-order valence-electron chi connectivity index (χ1n) is 21.2. The lowest BCUT2D eigenvalue weighted by molar-refractivity contribution is -0.412. The summed E-state index contributed by atoms with van der Waals surface area (Å²) in [7, 11) is 0. The van der Waals surface area contributed by atoms with Crippen LogP contribution < -0.4 is 0 Å². The van der Waals surface area contributed by atoms with Crippen molar-refractivity contribution in [1.82, 2.24) is 14.5 Å². The minimum Gasteiger partial charge on any atom is -0.278 e. The highest BCUT2D eigenvalue weighted by atomic mass is 15.2. The van der Waals surface area contributed by atoms with Gasteiger partial charge in [-0.15, -0.1) is 0 Å². The largest absolute Gasteiger partial charge is 0.278 e. The topological polar surface area (TPSA) is 30.7 Å². The van der Waals surface area contributed by atoms with Crippen molar-refractivity contribution in [2.75, 3.05) is 0 Å². The van der Waals surface area contributed by atoms with E-state index in [1.165, 1.54) is 68.4 Å². The molecule has 4 fully saturated rings. The van der Waals surface area contributed by atoms with E-state index in [1.807, 2.05) is 0 Å². The van der Waals surface area contributed by atoms with Crippen LogP contribution in [0, 0.1) is 29.1 Å². The Labute approximate surface area is 335 Å². The van der Waals surface area contributed by atoms with E-state index in [1.54, 1.807) is 11.1 Å². The summed E-state index contributed by atoms with van der Waals surface area (Å²) in [5.41, 5.74) is 14.8.